The summed E-state index contributed by atoms with van der Waals surface area (Å²) < 4.78 is 1.95. The highest BCUT2D eigenvalue weighted by molar-refractivity contribution is 5.76. The van der Waals surface area contributed by atoms with Crippen molar-refractivity contribution in [3.8, 4) is 0 Å². The summed E-state index contributed by atoms with van der Waals surface area (Å²) in [6.07, 6.45) is 3.04. The number of aromatic nitrogens is 2. The molecule has 2 aliphatic heterocycles. The first-order valence-electron chi connectivity index (χ1n) is 9.61. The molecule has 1 fully saturated rings. The van der Waals surface area contributed by atoms with Gasteiger partial charge >= 0.3 is 6.03 Å². The lowest BCUT2D eigenvalue weighted by Crippen LogP contribution is -2.44. The number of likely N-dealkylation sites (tertiary alicyclic amines) is 1. The van der Waals surface area contributed by atoms with Crippen LogP contribution in [0.3, 0.4) is 0 Å². The molecule has 2 aliphatic rings. The molecule has 3 heterocycles. The fourth-order valence-corrected chi connectivity index (χ4v) is 3.47. The molecule has 0 radical (unpaired) electrons. The predicted molar refractivity (Wildman–Crippen MR) is 96.5 cm³/mol. The third-order valence-electron chi connectivity index (χ3n) is 5.07. The Labute approximate surface area is 154 Å². The van der Waals surface area contributed by atoms with Crippen LogP contribution in [-0.4, -0.2) is 68.9 Å². The first kappa shape index (κ1) is 18.7. The molecular weight excluding hydrogens is 334 g/mol. The van der Waals surface area contributed by atoms with Crippen LogP contribution in [0.4, 0.5) is 4.79 Å². The molecule has 26 heavy (non-hydrogen) atoms. The number of hydrogen-bond acceptors (Lipinski definition) is 4. The Morgan fingerprint density at radius 3 is 2.73 bits per heavy atom. The van der Waals surface area contributed by atoms with E-state index in [1.54, 1.807) is 4.90 Å². The molecule has 3 amide bonds. The Bertz CT molecular complexity index is 637. The number of fused-ring (bicyclic) bond motifs is 1. The van der Waals surface area contributed by atoms with Crippen molar-refractivity contribution in [1.82, 2.24) is 24.9 Å². The van der Waals surface area contributed by atoms with E-state index in [1.165, 1.54) is 0 Å². The first-order valence-corrected chi connectivity index (χ1v) is 9.61. The van der Waals surface area contributed by atoms with Crippen molar-refractivity contribution >= 4 is 11.9 Å². The lowest BCUT2D eigenvalue weighted by Gasteiger charge is -2.29. The van der Waals surface area contributed by atoms with Gasteiger partial charge in [0.1, 0.15) is 0 Å². The Balaban J connectivity index is 1.50. The van der Waals surface area contributed by atoms with E-state index >= 15 is 0 Å². The minimum absolute atomic E-state index is 0.0247. The molecule has 3 rings (SSSR count). The van der Waals surface area contributed by atoms with Gasteiger partial charge in [0.15, 0.2) is 0 Å². The summed E-state index contributed by atoms with van der Waals surface area (Å²) in [4.78, 5) is 28.1. The monoisotopic (exact) mass is 363 g/mol. The molecule has 8 heteroatoms. The van der Waals surface area contributed by atoms with Crippen LogP contribution in [0.25, 0.3) is 0 Å². The second kappa shape index (κ2) is 8.53. The summed E-state index contributed by atoms with van der Waals surface area (Å²) in [5, 5.41) is 17.0. The quantitative estimate of drug-likeness (QED) is 0.807. The molecule has 8 nitrogen and oxygen atoms in total. The lowest BCUT2D eigenvalue weighted by molar-refractivity contribution is -0.133. The van der Waals surface area contributed by atoms with Crippen LogP contribution in [0.15, 0.2) is 6.07 Å². The summed E-state index contributed by atoms with van der Waals surface area (Å²) >= 11 is 0. The zero-order valence-corrected chi connectivity index (χ0v) is 15.5. The van der Waals surface area contributed by atoms with E-state index < -0.39 is 0 Å². The topological polar surface area (TPSA) is 90.7 Å². The van der Waals surface area contributed by atoms with Crippen molar-refractivity contribution in [2.45, 2.75) is 58.2 Å². The molecule has 144 valence electrons. The summed E-state index contributed by atoms with van der Waals surface area (Å²) in [5.41, 5.74) is 1.92. The zero-order valence-electron chi connectivity index (χ0n) is 15.5. The molecule has 1 aromatic rings. The highest BCUT2D eigenvalue weighted by Crippen LogP contribution is 2.16. The number of aliphatic hydroxyl groups is 1. The molecule has 0 atom stereocenters. The van der Waals surface area contributed by atoms with Gasteiger partial charge in [0.25, 0.3) is 0 Å². The number of carbonyl (C=O) groups is 2. The Morgan fingerprint density at radius 1 is 1.23 bits per heavy atom. The molecule has 0 spiro atoms. The Morgan fingerprint density at radius 2 is 2.00 bits per heavy atom. The lowest BCUT2D eigenvalue weighted by atomic mass is 10.1. The summed E-state index contributed by atoms with van der Waals surface area (Å²) in [6.45, 7) is 5.90. The van der Waals surface area contributed by atoms with Gasteiger partial charge in [-0.15, -0.1) is 0 Å². The number of carbonyl (C=O) groups excluding carboxylic acids is 2. The number of nitrogens with one attached hydrogen (secondary N) is 1. The van der Waals surface area contributed by atoms with Crippen molar-refractivity contribution in [2.24, 2.45) is 0 Å². The van der Waals surface area contributed by atoms with Crippen molar-refractivity contribution < 1.29 is 14.7 Å². The molecule has 1 saturated heterocycles. The Hall–Kier alpha value is -2.09. The van der Waals surface area contributed by atoms with Gasteiger partial charge in [0.05, 0.1) is 30.6 Å². The van der Waals surface area contributed by atoms with Gasteiger partial charge in [-0.1, -0.05) is 6.92 Å². The number of nitrogens with zero attached hydrogens (tertiary/aromatic N) is 4. The standard InChI is InChI=1S/C18H29N5O3/c1-2-7-19-18(26)22-10-11-23-15(13-22)12-14(20-23)3-4-17(25)21-8-5-16(24)6-9-21/h12,16,24H,2-11,13H2,1H3,(H,19,26). The second-order valence-corrected chi connectivity index (χ2v) is 7.12. The van der Waals surface area contributed by atoms with Crippen LogP contribution in [0.5, 0.6) is 0 Å². The summed E-state index contributed by atoms with van der Waals surface area (Å²) in [7, 11) is 0. The number of rotatable bonds is 5. The van der Waals surface area contributed by atoms with E-state index in [1.807, 2.05) is 22.6 Å². The number of aryl methyl sites for hydroxylation is 1. The van der Waals surface area contributed by atoms with Crippen LogP contribution in [0.1, 0.15) is 44.0 Å². The SMILES string of the molecule is CCCNC(=O)N1CCn2nc(CCC(=O)N3CCC(O)CC3)cc2C1. The van der Waals surface area contributed by atoms with E-state index in [4.69, 9.17) is 0 Å². The van der Waals surface area contributed by atoms with E-state index in [-0.39, 0.29) is 18.0 Å². The fourth-order valence-electron chi connectivity index (χ4n) is 3.47. The van der Waals surface area contributed by atoms with Gasteiger partial charge in [-0.05, 0) is 25.3 Å². The maximum atomic E-state index is 12.3. The number of hydrogen-bond donors (Lipinski definition) is 2. The van der Waals surface area contributed by atoms with Crippen molar-refractivity contribution in [2.75, 3.05) is 26.2 Å². The largest absolute Gasteiger partial charge is 0.393 e. The predicted octanol–water partition coefficient (Wildman–Crippen LogP) is 0.734. The van der Waals surface area contributed by atoms with Crippen molar-refractivity contribution in [1.29, 1.82) is 0 Å². The molecule has 2 N–H and O–H groups in total. The summed E-state index contributed by atoms with van der Waals surface area (Å²) in [5.74, 6) is 0.128. The van der Waals surface area contributed by atoms with Gasteiger partial charge in [0.2, 0.25) is 5.91 Å². The van der Waals surface area contributed by atoms with Crippen molar-refractivity contribution in [3.05, 3.63) is 17.5 Å². The van der Waals surface area contributed by atoms with Crippen LogP contribution < -0.4 is 5.32 Å². The van der Waals surface area contributed by atoms with Gasteiger partial charge in [0, 0.05) is 39.0 Å². The molecule has 0 unspecified atom stereocenters. The van der Waals surface area contributed by atoms with Gasteiger partial charge in [-0.3, -0.25) is 9.48 Å². The average molecular weight is 363 g/mol. The van der Waals surface area contributed by atoms with Gasteiger partial charge in [-0.25, -0.2) is 4.79 Å². The van der Waals surface area contributed by atoms with E-state index in [0.29, 0.717) is 65.0 Å². The van der Waals surface area contributed by atoms with Crippen LogP contribution in [-0.2, 0) is 24.3 Å². The van der Waals surface area contributed by atoms with E-state index in [9.17, 15) is 14.7 Å². The highest BCUT2D eigenvalue weighted by atomic mass is 16.3. The van der Waals surface area contributed by atoms with E-state index in [2.05, 4.69) is 10.4 Å². The van der Waals surface area contributed by atoms with Crippen LogP contribution >= 0.6 is 0 Å². The number of urea groups is 1. The molecular formula is C18H29N5O3. The molecule has 1 aromatic heterocycles. The molecule has 0 aliphatic carbocycles. The highest BCUT2D eigenvalue weighted by Gasteiger charge is 2.24. The minimum Gasteiger partial charge on any atom is -0.393 e. The molecule has 0 aromatic carbocycles. The number of aliphatic hydroxyl groups excluding tert-OH is 1. The molecule has 0 saturated carbocycles. The zero-order chi connectivity index (χ0) is 18.5. The van der Waals surface area contributed by atoms with Crippen LogP contribution in [0, 0.1) is 0 Å². The maximum Gasteiger partial charge on any atom is 0.317 e. The number of piperidine rings is 1. The van der Waals surface area contributed by atoms with Gasteiger partial charge < -0.3 is 20.2 Å². The first-order chi connectivity index (χ1) is 12.6. The average Bonchev–Trinajstić information content (AvgIpc) is 3.06. The van der Waals surface area contributed by atoms with Crippen molar-refractivity contribution in [3.63, 3.8) is 0 Å². The third kappa shape index (κ3) is 4.55. The minimum atomic E-state index is -0.267. The normalized spacial score (nSPS) is 17.9. The fraction of sp³-hybridized carbons (Fsp3) is 0.722. The third-order valence-corrected chi connectivity index (χ3v) is 5.07. The molecule has 0 bridgehead atoms. The van der Waals surface area contributed by atoms with E-state index in [0.717, 1.165) is 17.8 Å². The maximum absolute atomic E-state index is 12.3. The second-order valence-electron chi connectivity index (χ2n) is 7.12. The summed E-state index contributed by atoms with van der Waals surface area (Å²) in [6, 6.07) is 1.98. The van der Waals surface area contributed by atoms with Gasteiger partial charge in [-0.2, -0.15) is 5.10 Å². The smallest absolute Gasteiger partial charge is 0.317 e. The van der Waals surface area contributed by atoms with Crippen LogP contribution in [0.2, 0.25) is 0 Å². The number of amides is 3. The Kier molecular flexibility index (Phi) is 6.13.